The number of aryl methyl sites for hydroxylation is 1. The van der Waals surface area contributed by atoms with E-state index in [0.717, 1.165) is 0 Å². The second-order valence-electron chi connectivity index (χ2n) is 5.12. The van der Waals surface area contributed by atoms with E-state index in [1.165, 1.54) is 6.20 Å². The van der Waals surface area contributed by atoms with Crippen molar-refractivity contribution in [1.82, 2.24) is 15.6 Å². The van der Waals surface area contributed by atoms with Crippen LogP contribution in [0.2, 0.25) is 0 Å². The zero-order valence-corrected chi connectivity index (χ0v) is 12.4. The molecule has 1 heterocycles. The first-order chi connectivity index (χ1) is 9.36. The Morgan fingerprint density at radius 1 is 1.40 bits per heavy atom. The molecule has 1 unspecified atom stereocenters. The highest BCUT2D eigenvalue weighted by Gasteiger charge is 2.16. The van der Waals surface area contributed by atoms with Crippen LogP contribution in [-0.4, -0.2) is 33.2 Å². The summed E-state index contributed by atoms with van der Waals surface area (Å²) in [7, 11) is 0. The monoisotopic (exact) mass is 281 g/mol. The lowest BCUT2D eigenvalue weighted by Crippen LogP contribution is -2.44. The number of aliphatic hydroxyl groups is 1. The SMILES string of the molecule is Cc1ncc(CO)c(CNC(C)C(=O)NC(C)C)c1O. The van der Waals surface area contributed by atoms with Crippen LogP contribution in [0.25, 0.3) is 0 Å². The lowest BCUT2D eigenvalue weighted by Gasteiger charge is -2.18. The molecule has 0 bridgehead atoms. The number of nitrogens with one attached hydrogen (secondary N) is 2. The molecular weight excluding hydrogens is 258 g/mol. The first kappa shape index (κ1) is 16.4. The molecule has 0 radical (unpaired) electrons. The summed E-state index contributed by atoms with van der Waals surface area (Å²) < 4.78 is 0. The maximum Gasteiger partial charge on any atom is 0.237 e. The summed E-state index contributed by atoms with van der Waals surface area (Å²) in [5.74, 6) is -0.0451. The average molecular weight is 281 g/mol. The van der Waals surface area contributed by atoms with Gasteiger partial charge >= 0.3 is 0 Å². The number of aromatic nitrogens is 1. The number of pyridine rings is 1. The van der Waals surface area contributed by atoms with Gasteiger partial charge in [0.15, 0.2) is 0 Å². The summed E-state index contributed by atoms with van der Waals surface area (Å²) in [5.41, 5.74) is 1.62. The number of amides is 1. The fourth-order valence-corrected chi connectivity index (χ4v) is 1.78. The molecule has 1 aromatic heterocycles. The van der Waals surface area contributed by atoms with Crippen LogP contribution >= 0.6 is 0 Å². The lowest BCUT2D eigenvalue weighted by atomic mass is 10.1. The third-order valence-electron chi connectivity index (χ3n) is 3.01. The maximum atomic E-state index is 11.8. The number of aliphatic hydroxyl groups excluding tert-OH is 1. The van der Waals surface area contributed by atoms with Gasteiger partial charge in [-0.2, -0.15) is 0 Å². The number of carbonyl (C=O) groups is 1. The third kappa shape index (κ3) is 4.18. The van der Waals surface area contributed by atoms with E-state index in [1.54, 1.807) is 13.8 Å². The number of nitrogens with zero attached hydrogens (tertiary/aromatic N) is 1. The van der Waals surface area contributed by atoms with Crippen LogP contribution in [0.3, 0.4) is 0 Å². The smallest absolute Gasteiger partial charge is 0.237 e. The molecule has 1 rings (SSSR count). The van der Waals surface area contributed by atoms with Crippen molar-refractivity contribution in [1.29, 1.82) is 0 Å². The summed E-state index contributed by atoms with van der Waals surface area (Å²) in [6.07, 6.45) is 1.53. The van der Waals surface area contributed by atoms with Gasteiger partial charge in [-0.25, -0.2) is 0 Å². The Bertz CT molecular complexity index is 475. The Morgan fingerprint density at radius 2 is 2.05 bits per heavy atom. The second kappa shape index (κ2) is 7.21. The van der Waals surface area contributed by atoms with Crippen LogP contribution in [0.1, 0.15) is 37.6 Å². The Morgan fingerprint density at radius 3 is 2.60 bits per heavy atom. The number of carbonyl (C=O) groups excluding carboxylic acids is 1. The molecule has 0 aromatic carbocycles. The van der Waals surface area contributed by atoms with Crippen LogP contribution in [0.4, 0.5) is 0 Å². The molecule has 0 aliphatic rings. The number of aromatic hydroxyl groups is 1. The van der Waals surface area contributed by atoms with E-state index >= 15 is 0 Å². The zero-order valence-electron chi connectivity index (χ0n) is 12.4. The first-order valence-corrected chi connectivity index (χ1v) is 6.67. The summed E-state index contributed by atoms with van der Waals surface area (Å²) >= 11 is 0. The van der Waals surface area contributed by atoms with Crippen molar-refractivity contribution < 1.29 is 15.0 Å². The van der Waals surface area contributed by atoms with Gasteiger partial charge in [0.25, 0.3) is 0 Å². The van der Waals surface area contributed by atoms with E-state index in [9.17, 15) is 15.0 Å². The van der Waals surface area contributed by atoms with E-state index in [-0.39, 0.29) is 30.9 Å². The molecule has 0 saturated carbocycles. The summed E-state index contributed by atoms with van der Waals surface area (Å²) in [6, 6.07) is -0.312. The van der Waals surface area contributed by atoms with Gasteiger partial charge in [-0.15, -0.1) is 0 Å². The topological polar surface area (TPSA) is 94.5 Å². The molecule has 4 N–H and O–H groups in total. The van der Waals surface area contributed by atoms with Crippen LogP contribution in [0, 0.1) is 6.92 Å². The van der Waals surface area contributed by atoms with Crippen molar-refractivity contribution in [2.75, 3.05) is 0 Å². The predicted octanol–water partition coefficient (Wildman–Crippen LogP) is 0.591. The molecule has 20 heavy (non-hydrogen) atoms. The predicted molar refractivity (Wildman–Crippen MR) is 76.1 cm³/mol. The molecule has 0 aliphatic heterocycles. The van der Waals surface area contributed by atoms with E-state index in [2.05, 4.69) is 15.6 Å². The molecule has 112 valence electrons. The van der Waals surface area contributed by atoms with Gasteiger partial charge in [-0.3, -0.25) is 9.78 Å². The normalized spacial score (nSPS) is 12.5. The molecule has 1 aromatic rings. The molecule has 1 atom stereocenters. The summed E-state index contributed by atoms with van der Waals surface area (Å²) in [6.45, 7) is 7.32. The van der Waals surface area contributed by atoms with Crippen molar-refractivity contribution >= 4 is 5.91 Å². The summed E-state index contributed by atoms with van der Waals surface area (Å²) in [4.78, 5) is 15.8. The number of rotatable bonds is 6. The van der Waals surface area contributed by atoms with Crippen LogP contribution in [-0.2, 0) is 17.9 Å². The third-order valence-corrected chi connectivity index (χ3v) is 3.01. The Hall–Kier alpha value is -1.66. The van der Waals surface area contributed by atoms with Crippen molar-refractivity contribution in [2.45, 2.75) is 52.9 Å². The molecule has 0 aliphatic carbocycles. The molecule has 0 fully saturated rings. The van der Waals surface area contributed by atoms with Gasteiger partial charge < -0.3 is 20.8 Å². The van der Waals surface area contributed by atoms with Crippen molar-refractivity contribution in [2.24, 2.45) is 0 Å². The Labute approximate surface area is 119 Å². The number of hydrogen-bond donors (Lipinski definition) is 4. The highest BCUT2D eigenvalue weighted by atomic mass is 16.3. The van der Waals surface area contributed by atoms with E-state index in [4.69, 9.17) is 0 Å². The van der Waals surface area contributed by atoms with Crippen molar-refractivity contribution in [3.05, 3.63) is 23.0 Å². The van der Waals surface area contributed by atoms with Gasteiger partial charge in [0.1, 0.15) is 5.75 Å². The van der Waals surface area contributed by atoms with Gasteiger partial charge in [0, 0.05) is 29.9 Å². The fourth-order valence-electron chi connectivity index (χ4n) is 1.78. The fraction of sp³-hybridized carbons (Fsp3) is 0.571. The number of hydrogen-bond acceptors (Lipinski definition) is 5. The maximum absolute atomic E-state index is 11.8. The first-order valence-electron chi connectivity index (χ1n) is 6.67. The van der Waals surface area contributed by atoms with E-state index < -0.39 is 6.04 Å². The molecule has 6 heteroatoms. The molecule has 1 amide bonds. The second-order valence-corrected chi connectivity index (χ2v) is 5.12. The Balaban J connectivity index is 2.74. The highest BCUT2D eigenvalue weighted by Crippen LogP contribution is 2.23. The molecule has 6 nitrogen and oxygen atoms in total. The van der Waals surface area contributed by atoms with Crippen molar-refractivity contribution in [3.8, 4) is 5.75 Å². The average Bonchev–Trinajstić information content (AvgIpc) is 2.39. The quantitative estimate of drug-likeness (QED) is 0.612. The van der Waals surface area contributed by atoms with Gasteiger partial charge in [-0.05, 0) is 27.7 Å². The zero-order chi connectivity index (χ0) is 15.3. The van der Waals surface area contributed by atoms with Gasteiger partial charge in [0.2, 0.25) is 5.91 Å². The summed E-state index contributed by atoms with van der Waals surface area (Å²) in [5, 5.41) is 25.1. The van der Waals surface area contributed by atoms with Crippen LogP contribution in [0.5, 0.6) is 5.75 Å². The van der Waals surface area contributed by atoms with Gasteiger partial charge in [0.05, 0.1) is 18.3 Å². The highest BCUT2D eigenvalue weighted by molar-refractivity contribution is 5.81. The standard InChI is InChI=1S/C14H23N3O3/c1-8(2)17-14(20)10(4)16-6-12-11(7-18)5-15-9(3)13(12)19/h5,8,10,16,18-19H,6-7H2,1-4H3,(H,17,20). The minimum Gasteiger partial charge on any atom is -0.506 e. The van der Waals surface area contributed by atoms with E-state index in [0.29, 0.717) is 16.8 Å². The minimum atomic E-state index is -0.392. The molecule has 0 spiro atoms. The van der Waals surface area contributed by atoms with Crippen LogP contribution < -0.4 is 10.6 Å². The molecular formula is C14H23N3O3. The lowest BCUT2D eigenvalue weighted by molar-refractivity contribution is -0.123. The molecule has 0 saturated heterocycles. The van der Waals surface area contributed by atoms with Crippen molar-refractivity contribution in [3.63, 3.8) is 0 Å². The minimum absolute atomic E-state index is 0.0560. The van der Waals surface area contributed by atoms with E-state index in [1.807, 2.05) is 13.8 Å². The largest absolute Gasteiger partial charge is 0.506 e. The van der Waals surface area contributed by atoms with Gasteiger partial charge in [-0.1, -0.05) is 0 Å². The Kier molecular flexibility index (Phi) is 5.91. The van der Waals surface area contributed by atoms with Crippen LogP contribution in [0.15, 0.2) is 6.20 Å².